The van der Waals surface area contributed by atoms with E-state index in [1.54, 1.807) is 18.3 Å². The van der Waals surface area contributed by atoms with Gasteiger partial charge in [-0.1, -0.05) is 36.2 Å². The van der Waals surface area contributed by atoms with Gasteiger partial charge in [0.2, 0.25) is 15.9 Å². The van der Waals surface area contributed by atoms with Gasteiger partial charge in [-0.05, 0) is 86.9 Å². The van der Waals surface area contributed by atoms with Crippen LogP contribution in [-0.2, 0) is 31.8 Å². The van der Waals surface area contributed by atoms with Crippen molar-refractivity contribution in [1.82, 2.24) is 15.0 Å². The number of unbranched alkanes of at least 4 members (excludes halogenated alkanes) is 1. The van der Waals surface area contributed by atoms with Gasteiger partial charge in [-0.25, -0.2) is 13.1 Å². The molecule has 2 saturated carbocycles. The third-order valence-electron chi connectivity index (χ3n) is 7.76. The van der Waals surface area contributed by atoms with E-state index >= 15 is 0 Å². The number of rotatable bonds is 16. The number of carbonyl (C=O) groups excluding carboxylic acids is 1. The third-order valence-corrected chi connectivity index (χ3v) is 9.59. The largest absolute Gasteiger partial charge is 0.490 e. The number of nitrogens with one attached hydrogen (secondary N) is 2. The summed E-state index contributed by atoms with van der Waals surface area (Å²) in [4.78, 5) is 16.3. The molecule has 0 bridgehead atoms. The van der Waals surface area contributed by atoms with Gasteiger partial charge in [0.25, 0.3) is 0 Å². The number of aromatic nitrogens is 1. The normalized spacial score (nSPS) is 16.4. The van der Waals surface area contributed by atoms with Crippen LogP contribution in [0.15, 0.2) is 65.8 Å². The number of halogens is 1. The molecule has 0 radical (unpaired) electrons. The summed E-state index contributed by atoms with van der Waals surface area (Å²) in [5.41, 5.74) is 8.93. The van der Waals surface area contributed by atoms with E-state index in [1.807, 2.05) is 37.4 Å². The number of hydrogen-bond acceptors (Lipinski definition) is 7. The number of sulfonamides is 1. The summed E-state index contributed by atoms with van der Waals surface area (Å²) in [5.74, 6) is 0.658. The number of para-hydroxylation sites is 1. The summed E-state index contributed by atoms with van der Waals surface area (Å²) in [6.07, 6.45) is 9.34. The van der Waals surface area contributed by atoms with Crippen LogP contribution in [0.1, 0.15) is 63.0 Å². The highest BCUT2D eigenvalue weighted by Gasteiger charge is 2.48. The Morgan fingerprint density at radius 1 is 1.14 bits per heavy atom. The molecule has 4 N–H and O–H groups in total. The van der Waals surface area contributed by atoms with Crippen LogP contribution in [0.3, 0.4) is 0 Å². The van der Waals surface area contributed by atoms with Crippen LogP contribution < -0.4 is 20.5 Å². The molecule has 1 heterocycles. The minimum atomic E-state index is -3.77. The summed E-state index contributed by atoms with van der Waals surface area (Å²) in [5, 5.41) is 3.12. The molecule has 0 aliphatic heterocycles. The average Bonchev–Trinajstić information content (AvgIpc) is 3.94. The number of pyridine rings is 1. The lowest BCUT2D eigenvalue weighted by Crippen LogP contribution is -2.40. The predicted octanol–water partition coefficient (Wildman–Crippen LogP) is 5.06. The van der Waals surface area contributed by atoms with E-state index in [9.17, 15) is 13.2 Å². The van der Waals surface area contributed by atoms with Crippen molar-refractivity contribution in [3.05, 3.63) is 77.1 Å². The first-order valence-electron chi connectivity index (χ1n) is 14.9. The Bertz CT molecular complexity index is 1540. The van der Waals surface area contributed by atoms with Crippen LogP contribution >= 0.6 is 11.6 Å². The van der Waals surface area contributed by atoms with Gasteiger partial charge in [-0.2, -0.15) is 0 Å². The Kier molecular flexibility index (Phi) is 10.0. The molecule has 0 saturated heterocycles. The van der Waals surface area contributed by atoms with Crippen molar-refractivity contribution >= 4 is 27.5 Å². The maximum Gasteiger partial charge on any atom is 0.240 e. The first kappa shape index (κ1) is 31.4. The van der Waals surface area contributed by atoms with E-state index in [4.69, 9.17) is 26.8 Å². The lowest BCUT2D eigenvalue weighted by atomic mass is 9.96. The molecule has 43 heavy (non-hydrogen) atoms. The van der Waals surface area contributed by atoms with Crippen LogP contribution in [0, 0.1) is 0 Å². The van der Waals surface area contributed by atoms with Crippen LogP contribution in [0.5, 0.6) is 5.75 Å². The second-order valence-electron chi connectivity index (χ2n) is 11.2. The number of nitrogens with two attached hydrogens (primary N) is 1. The minimum Gasteiger partial charge on any atom is -0.490 e. The van der Waals surface area contributed by atoms with Gasteiger partial charge in [0.1, 0.15) is 5.75 Å². The van der Waals surface area contributed by atoms with Gasteiger partial charge in [0.15, 0.2) is 0 Å². The van der Waals surface area contributed by atoms with Gasteiger partial charge >= 0.3 is 0 Å². The Labute approximate surface area is 258 Å². The molecule has 1 aromatic heterocycles. The highest BCUT2D eigenvalue weighted by Crippen LogP contribution is 2.53. The molecule has 0 unspecified atom stereocenters. The average molecular weight is 627 g/mol. The van der Waals surface area contributed by atoms with Gasteiger partial charge in [-0.3, -0.25) is 9.78 Å². The first-order chi connectivity index (χ1) is 20.7. The fourth-order valence-electron chi connectivity index (χ4n) is 5.02. The summed E-state index contributed by atoms with van der Waals surface area (Å²) in [6.45, 7) is 2.74. The molecule has 2 aliphatic rings. The number of ether oxygens (including phenoxy) is 2. The fourth-order valence-corrected chi connectivity index (χ4v) is 6.31. The lowest BCUT2D eigenvalue weighted by Gasteiger charge is -2.22. The van der Waals surface area contributed by atoms with E-state index in [0.29, 0.717) is 36.4 Å². The molecule has 2 aromatic carbocycles. The number of hydrogen-bond donors (Lipinski definition) is 3. The van der Waals surface area contributed by atoms with Crippen molar-refractivity contribution in [2.45, 2.75) is 81.1 Å². The molecular formula is C32H39ClN4O5S. The van der Waals surface area contributed by atoms with Crippen molar-refractivity contribution in [2.24, 2.45) is 5.73 Å². The van der Waals surface area contributed by atoms with E-state index in [2.05, 4.69) is 21.1 Å². The maximum atomic E-state index is 13.0. The molecule has 2 aliphatic carbocycles. The number of benzene rings is 2. The Balaban J connectivity index is 1.23. The SMILES string of the molecule is CCNC(=O)[C@@H](N)CCCCNS(=O)(=O)c1ccc(Cl)c(COC2(c3cnccc3-c3ccccc3OC3CC3)CC2)c1. The van der Waals surface area contributed by atoms with Crippen molar-refractivity contribution in [3.63, 3.8) is 0 Å². The number of carbonyl (C=O) groups is 1. The molecule has 0 spiro atoms. The number of amides is 1. The van der Waals surface area contributed by atoms with Crippen molar-refractivity contribution < 1.29 is 22.7 Å². The van der Waals surface area contributed by atoms with Crippen LogP contribution in [0.2, 0.25) is 5.02 Å². The van der Waals surface area contributed by atoms with E-state index in [1.165, 1.54) is 6.07 Å². The Morgan fingerprint density at radius 3 is 2.67 bits per heavy atom. The molecule has 5 rings (SSSR count). The predicted molar refractivity (Wildman–Crippen MR) is 166 cm³/mol. The summed E-state index contributed by atoms with van der Waals surface area (Å²) < 4.78 is 41.4. The maximum absolute atomic E-state index is 13.0. The van der Waals surface area contributed by atoms with Gasteiger partial charge in [0, 0.05) is 41.6 Å². The lowest BCUT2D eigenvalue weighted by molar-refractivity contribution is -0.122. The third kappa shape index (κ3) is 7.93. The zero-order chi connectivity index (χ0) is 30.5. The van der Waals surface area contributed by atoms with Crippen LogP contribution in [-0.4, -0.2) is 44.5 Å². The molecule has 1 atom stereocenters. The van der Waals surface area contributed by atoms with Crippen LogP contribution in [0.25, 0.3) is 11.1 Å². The van der Waals surface area contributed by atoms with Gasteiger partial charge in [-0.15, -0.1) is 0 Å². The second-order valence-corrected chi connectivity index (χ2v) is 13.3. The molecule has 2 fully saturated rings. The van der Waals surface area contributed by atoms with Crippen molar-refractivity contribution in [3.8, 4) is 16.9 Å². The minimum absolute atomic E-state index is 0.118. The zero-order valence-corrected chi connectivity index (χ0v) is 25.9. The second kappa shape index (κ2) is 13.7. The standard InChI is InChI=1S/C32H39ClN4O5S/c1-2-36-31(38)29(34)8-5-6-17-37-43(39,40)24-12-13-28(33)22(19-24)21-41-32(15-16-32)27-20-35-18-14-25(27)26-7-3-4-9-30(26)42-23-10-11-23/h3-4,7,9,12-14,18-20,23,29,37H,2,5-6,8,10-11,15-17,21,34H2,1H3,(H,36,38)/t29-/m0/s1. The Morgan fingerprint density at radius 2 is 1.93 bits per heavy atom. The molecule has 230 valence electrons. The molecule has 9 nitrogen and oxygen atoms in total. The molecule has 3 aromatic rings. The molecule has 1 amide bonds. The Hall–Kier alpha value is -3.02. The highest BCUT2D eigenvalue weighted by atomic mass is 35.5. The van der Waals surface area contributed by atoms with Crippen LogP contribution in [0.4, 0.5) is 0 Å². The topological polar surface area (TPSA) is 133 Å². The van der Waals surface area contributed by atoms with Gasteiger partial charge in [0.05, 0.1) is 29.2 Å². The summed E-state index contributed by atoms with van der Waals surface area (Å²) in [6, 6.07) is 14.1. The molecular weight excluding hydrogens is 588 g/mol. The van der Waals surface area contributed by atoms with E-state index in [-0.39, 0.29) is 30.1 Å². The number of nitrogens with zero attached hydrogens (tertiary/aromatic N) is 1. The quantitative estimate of drug-likeness (QED) is 0.189. The van der Waals surface area contributed by atoms with Crippen molar-refractivity contribution in [1.29, 1.82) is 0 Å². The van der Waals surface area contributed by atoms with E-state index < -0.39 is 21.7 Å². The molecule has 11 heteroatoms. The first-order valence-corrected chi connectivity index (χ1v) is 16.7. The summed E-state index contributed by atoms with van der Waals surface area (Å²) >= 11 is 6.50. The van der Waals surface area contributed by atoms with Crippen molar-refractivity contribution in [2.75, 3.05) is 13.1 Å². The van der Waals surface area contributed by atoms with Gasteiger partial charge < -0.3 is 20.5 Å². The number of likely N-dealkylation sites (N-methyl/N-ethyl adjacent to an activating group) is 1. The van der Waals surface area contributed by atoms with E-state index in [0.717, 1.165) is 48.1 Å². The highest BCUT2D eigenvalue weighted by molar-refractivity contribution is 7.89. The fraction of sp³-hybridized carbons (Fsp3) is 0.438. The monoisotopic (exact) mass is 626 g/mol. The smallest absolute Gasteiger partial charge is 0.240 e. The summed E-state index contributed by atoms with van der Waals surface area (Å²) in [7, 11) is -3.77. The zero-order valence-electron chi connectivity index (χ0n) is 24.4.